The van der Waals surface area contributed by atoms with E-state index in [0.29, 0.717) is 5.54 Å². The molecule has 0 aromatic heterocycles. The van der Waals surface area contributed by atoms with Gasteiger partial charge in [0.2, 0.25) is 0 Å². The van der Waals surface area contributed by atoms with Gasteiger partial charge in [-0.2, -0.15) is 0 Å². The molecule has 2 heterocycles. The van der Waals surface area contributed by atoms with E-state index < -0.39 is 0 Å². The predicted octanol–water partition coefficient (Wildman–Crippen LogP) is 2.14. The molecule has 2 heteroatoms. The molecule has 1 unspecified atom stereocenters. The highest BCUT2D eigenvalue weighted by Gasteiger charge is 2.31. The minimum Gasteiger partial charge on any atom is -0.310 e. The Bertz CT molecular complexity index is 355. The number of nitrogens with one attached hydrogen (secondary N) is 1. The van der Waals surface area contributed by atoms with Gasteiger partial charge in [-0.25, -0.2) is 0 Å². The summed E-state index contributed by atoms with van der Waals surface area (Å²) in [5.74, 6) is 0. The van der Waals surface area contributed by atoms with Crippen molar-refractivity contribution in [2.24, 2.45) is 0 Å². The lowest BCUT2D eigenvalue weighted by Gasteiger charge is -2.29. The Labute approximate surface area is 97.6 Å². The van der Waals surface area contributed by atoms with Crippen molar-refractivity contribution in [1.82, 2.24) is 10.2 Å². The van der Waals surface area contributed by atoms with Crippen molar-refractivity contribution in [2.75, 3.05) is 13.1 Å². The van der Waals surface area contributed by atoms with Crippen molar-refractivity contribution in [3.8, 4) is 0 Å². The van der Waals surface area contributed by atoms with Crippen LogP contribution in [0.1, 0.15) is 30.9 Å². The molecule has 16 heavy (non-hydrogen) atoms. The minimum absolute atomic E-state index is 0.349. The Hall–Kier alpha value is -0.860. The summed E-state index contributed by atoms with van der Waals surface area (Å²) in [5.41, 5.74) is 3.38. The lowest BCUT2D eigenvalue weighted by molar-refractivity contribution is 0.206. The molecular formula is C14H20N2. The fourth-order valence-electron chi connectivity index (χ4n) is 3.10. The van der Waals surface area contributed by atoms with Crippen LogP contribution < -0.4 is 5.32 Å². The van der Waals surface area contributed by atoms with Gasteiger partial charge in [-0.3, -0.25) is 4.90 Å². The summed E-state index contributed by atoms with van der Waals surface area (Å²) in [5, 5.41) is 3.64. The van der Waals surface area contributed by atoms with Crippen LogP contribution in [0.3, 0.4) is 0 Å². The van der Waals surface area contributed by atoms with E-state index in [1.807, 2.05) is 0 Å². The van der Waals surface area contributed by atoms with Crippen LogP contribution in [0, 0.1) is 0 Å². The number of benzene rings is 1. The second-order valence-corrected chi connectivity index (χ2v) is 5.50. The van der Waals surface area contributed by atoms with E-state index >= 15 is 0 Å². The standard InChI is InChI=1S/C14H20N2/c1-14(7-4-8-15-14)11-16-9-12-5-2-3-6-13(12)10-16/h2-3,5-6,15H,4,7-11H2,1H3. The third-order valence-corrected chi connectivity index (χ3v) is 3.94. The molecule has 0 saturated carbocycles. The molecule has 1 N–H and O–H groups in total. The van der Waals surface area contributed by atoms with Gasteiger partial charge >= 0.3 is 0 Å². The Balaban J connectivity index is 1.68. The molecule has 1 saturated heterocycles. The number of hydrogen-bond acceptors (Lipinski definition) is 2. The van der Waals surface area contributed by atoms with Gasteiger partial charge in [0.15, 0.2) is 0 Å². The molecule has 0 spiro atoms. The Kier molecular flexibility index (Phi) is 2.49. The van der Waals surface area contributed by atoms with E-state index in [1.54, 1.807) is 0 Å². The topological polar surface area (TPSA) is 15.3 Å². The lowest BCUT2D eigenvalue weighted by atomic mass is 10.00. The zero-order valence-corrected chi connectivity index (χ0v) is 10.00. The highest BCUT2D eigenvalue weighted by molar-refractivity contribution is 5.30. The number of hydrogen-bond donors (Lipinski definition) is 1. The average molecular weight is 216 g/mol. The molecule has 1 atom stereocenters. The molecular weight excluding hydrogens is 196 g/mol. The summed E-state index contributed by atoms with van der Waals surface area (Å²) in [4.78, 5) is 2.57. The highest BCUT2D eigenvalue weighted by atomic mass is 15.2. The minimum atomic E-state index is 0.349. The normalized spacial score (nSPS) is 29.6. The van der Waals surface area contributed by atoms with Gasteiger partial charge in [-0.1, -0.05) is 24.3 Å². The smallest absolute Gasteiger partial charge is 0.0281 e. The van der Waals surface area contributed by atoms with Gasteiger partial charge in [0.1, 0.15) is 0 Å². The van der Waals surface area contributed by atoms with Crippen molar-refractivity contribution in [3.05, 3.63) is 35.4 Å². The molecule has 0 aliphatic carbocycles. The lowest BCUT2D eigenvalue weighted by Crippen LogP contribution is -2.45. The molecule has 0 amide bonds. The second kappa shape index (κ2) is 3.86. The quantitative estimate of drug-likeness (QED) is 0.815. The summed E-state index contributed by atoms with van der Waals surface area (Å²) in [7, 11) is 0. The highest BCUT2D eigenvalue weighted by Crippen LogP contribution is 2.26. The number of rotatable bonds is 2. The van der Waals surface area contributed by atoms with Crippen LogP contribution in [0.5, 0.6) is 0 Å². The van der Waals surface area contributed by atoms with Gasteiger partial charge in [-0.15, -0.1) is 0 Å². The Morgan fingerprint density at radius 1 is 1.25 bits per heavy atom. The molecule has 2 aliphatic rings. The first-order valence-electron chi connectivity index (χ1n) is 6.29. The fraction of sp³-hybridized carbons (Fsp3) is 0.571. The third-order valence-electron chi connectivity index (χ3n) is 3.94. The van der Waals surface area contributed by atoms with Crippen molar-refractivity contribution in [3.63, 3.8) is 0 Å². The molecule has 1 aromatic carbocycles. The summed E-state index contributed by atoms with van der Waals surface area (Å²) < 4.78 is 0. The summed E-state index contributed by atoms with van der Waals surface area (Å²) in [6.45, 7) is 7.00. The van der Waals surface area contributed by atoms with E-state index in [9.17, 15) is 0 Å². The maximum Gasteiger partial charge on any atom is 0.0281 e. The first-order valence-corrected chi connectivity index (χ1v) is 6.29. The van der Waals surface area contributed by atoms with Gasteiger partial charge in [-0.05, 0) is 37.4 Å². The summed E-state index contributed by atoms with van der Waals surface area (Å²) in [6, 6.07) is 8.83. The van der Waals surface area contributed by atoms with Crippen LogP contribution in [0.2, 0.25) is 0 Å². The number of nitrogens with zero attached hydrogens (tertiary/aromatic N) is 1. The Morgan fingerprint density at radius 3 is 2.50 bits per heavy atom. The largest absolute Gasteiger partial charge is 0.310 e. The zero-order chi connectivity index (χ0) is 11.0. The molecule has 3 rings (SSSR count). The van der Waals surface area contributed by atoms with E-state index in [-0.39, 0.29) is 0 Å². The van der Waals surface area contributed by atoms with E-state index in [4.69, 9.17) is 0 Å². The van der Waals surface area contributed by atoms with Crippen LogP contribution in [0.25, 0.3) is 0 Å². The zero-order valence-electron chi connectivity index (χ0n) is 10.00. The van der Waals surface area contributed by atoms with Gasteiger partial charge in [0.05, 0.1) is 0 Å². The molecule has 2 nitrogen and oxygen atoms in total. The van der Waals surface area contributed by atoms with Crippen molar-refractivity contribution in [2.45, 2.75) is 38.4 Å². The summed E-state index contributed by atoms with van der Waals surface area (Å²) >= 11 is 0. The average Bonchev–Trinajstić information content (AvgIpc) is 2.84. The predicted molar refractivity (Wildman–Crippen MR) is 66.2 cm³/mol. The molecule has 0 bridgehead atoms. The third kappa shape index (κ3) is 1.87. The first kappa shape index (κ1) is 10.3. The Morgan fingerprint density at radius 2 is 1.94 bits per heavy atom. The SMILES string of the molecule is CC1(CN2Cc3ccccc3C2)CCCN1. The number of fused-ring (bicyclic) bond motifs is 1. The first-order chi connectivity index (χ1) is 7.75. The molecule has 86 valence electrons. The van der Waals surface area contributed by atoms with Gasteiger partial charge in [0, 0.05) is 25.2 Å². The maximum absolute atomic E-state index is 3.64. The van der Waals surface area contributed by atoms with Gasteiger partial charge in [0.25, 0.3) is 0 Å². The van der Waals surface area contributed by atoms with Crippen LogP contribution in [-0.2, 0) is 13.1 Å². The molecule has 2 aliphatic heterocycles. The van der Waals surface area contributed by atoms with Crippen LogP contribution in [-0.4, -0.2) is 23.5 Å². The van der Waals surface area contributed by atoms with Crippen LogP contribution in [0.4, 0.5) is 0 Å². The van der Waals surface area contributed by atoms with Gasteiger partial charge < -0.3 is 5.32 Å². The van der Waals surface area contributed by atoms with Crippen molar-refractivity contribution < 1.29 is 0 Å². The van der Waals surface area contributed by atoms with E-state index in [0.717, 1.165) is 13.1 Å². The second-order valence-electron chi connectivity index (χ2n) is 5.50. The van der Waals surface area contributed by atoms with Crippen LogP contribution >= 0.6 is 0 Å². The van der Waals surface area contributed by atoms with Crippen LogP contribution in [0.15, 0.2) is 24.3 Å². The molecule has 1 aromatic rings. The van der Waals surface area contributed by atoms with Crippen molar-refractivity contribution in [1.29, 1.82) is 0 Å². The van der Waals surface area contributed by atoms with E-state index in [2.05, 4.69) is 41.4 Å². The maximum atomic E-state index is 3.64. The monoisotopic (exact) mass is 216 g/mol. The summed E-state index contributed by atoms with van der Waals surface area (Å²) in [6.07, 6.45) is 2.65. The molecule has 1 fully saturated rings. The fourth-order valence-corrected chi connectivity index (χ4v) is 3.10. The van der Waals surface area contributed by atoms with E-state index in [1.165, 1.54) is 37.1 Å². The van der Waals surface area contributed by atoms with Crippen molar-refractivity contribution >= 4 is 0 Å². The molecule has 0 radical (unpaired) electrons.